The van der Waals surface area contributed by atoms with Gasteiger partial charge < -0.3 is 15.0 Å². The smallest absolute Gasteiger partial charge is 0.0726 e. The predicted octanol–water partition coefficient (Wildman–Crippen LogP) is 3.00. The van der Waals surface area contributed by atoms with E-state index in [1.165, 1.54) is 0 Å². The van der Waals surface area contributed by atoms with Gasteiger partial charge in [-0.3, -0.25) is 0 Å². The Bertz CT molecular complexity index is 387. The first-order valence-corrected chi connectivity index (χ1v) is 6.35. The topological polar surface area (TPSA) is 24.5 Å². The number of hydrogen-bond donors (Lipinski definition) is 1. The number of morpholine rings is 1. The van der Waals surface area contributed by atoms with Crippen LogP contribution in [0.2, 0.25) is 5.02 Å². The van der Waals surface area contributed by atoms with Gasteiger partial charge in [0.1, 0.15) is 0 Å². The molecule has 1 aromatic rings. The summed E-state index contributed by atoms with van der Waals surface area (Å²) in [4.78, 5) is 2.29. The fourth-order valence-electron chi connectivity index (χ4n) is 2.29. The third-order valence-corrected chi connectivity index (χ3v) is 3.30. The molecule has 0 aliphatic carbocycles. The normalized spacial score (nSPS) is 24.8. The number of halogens is 1. The molecule has 0 spiro atoms. The zero-order chi connectivity index (χ0) is 12.4. The molecule has 0 radical (unpaired) electrons. The van der Waals surface area contributed by atoms with Gasteiger partial charge in [-0.1, -0.05) is 11.6 Å². The first-order valence-electron chi connectivity index (χ1n) is 5.98. The van der Waals surface area contributed by atoms with Crippen LogP contribution in [0.15, 0.2) is 18.2 Å². The van der Waals surface area contributed by atoms with E-state index >= 15 is 0 Å². The summed E-state index contributed by atoms with van der Waals surface area (Å²) in [5.41, 5.74) is 2.13. The molecule has 0 amide bonds. The number of nitrogens with zero attached hydrogens (tertiary/aromatic N) is 1. The van der Waals surface area contributed by atoms with Crippen molar-refractivity contribution in [3.05, 3.63) is 23.2 Å². The Morgan fingerprint density at radius 1 is 1.29 bits per heavy atom. The minimum Gasteiger partial charge on any atom is -0.388 e. The summed E-state index contributed by atoms with van der Waals surface area (Å²) >= 11 is 6.31. The molecule has 1 N–H and O–H groups in total. The highest BCUT2D eigenvalue weighted by Gasteiger charge is 2.23. The molecule has 2 rings (SSSR count). The van der Waals surface area contributed by atoms with Crippen molar-refractivity contribution in [3.8, 4) is 0 Å². The van der Waals surface area contributed by atoms with Crippen molar-refractivity contribution in [2.75, 3.05) is 30.4 Å². The van der Waals surface area contributed by atoms with Crippen molar-refractivity contribution >= 4 is 23.0 Å². The number of ether oxygens (including phenoxy) is 1. The van der Waals surface area contributed by atoms with Gasteiger partial charge in [0.05, 0.1) is 22.9 Å². The fourth-order valence-corrected chi connectivity index (χ4v) is 2.59. The lowest BCUT2D eigenvalue weighted by Gasteiger charge is -2.37. The van der Waals surface area contributed by atoms with Crippen molar-refractivity contribution in [3.63, 3.8) is 0 Å². The molecule has 1 saturated heterocycles. The monoisotopic (exact) mass is 254 g/mol. The number of rotatable bonds is 2. The molecule has 1 fully saturated rings. The van der Waals surface area contributed by atoms with Crippen molar-refractivity contribution in [1.29, 1.82) is 0 Å². The Hall–Kier alpha value is -0.930. The van der Waals surface area contributed by atoms with Gasteiger partial charge in [-0.15, -0.1) is 0 Å². The van der Waals surface area contributed by atoms with Gasteiger partial charge in [0.25, 0.3) is 0 Å². The van der Waals surface area contributed by atoms with Crippen LogP contribution in [0.4, 0.5) is 11.4 Å². The van der Waals surface area contributed by atoms with E-state index in [0.29, 0.717) is 0 Å². The second-order valence-corrected chi connectivity index (χ2v) is 4.99. The highest BCUT2D eigenvalue weighted by molar-refractivity contribution is 6.33. The zero-order valence-corrected chi connectivity index (χ0v) is 11.3. The van der Waals surface area contributed by atoms with Gasteiger partial charge in [-0.05, 0) is 32.0 Å². The van der Waals surface area contributed by atoms with E-state index in [0.717, 1.165) is 29.5 Å². The van der Waals surface area contributed by atoms with E-state index in [2.05, 4.69) is 30.1 Å². The lowest BCUT2D eigenvalue weighted by atomic mass is 10.2. The Morgan fingerprint density at radius 2 is 1.94 bits per heavy atom. The third-order valence-electron chi connectivity index (χ3n) is 3.00. The zero-order valence-electron chi connectivity index (χ0n) is 10.5. The summed E-state index contributed by atoms with van der Waals surface area (Å²) in [5, 5.41) is 3.88. The van der Waals surface area contributed by atoms with Crippen LogP contribution in [-0.2, 0) is 4.74 Å². The van der Waals surface area contributed by atoms with Crippen LogP contribution in [0.5, 0.6) is 0 Å². The van der Waals surface area contributed by atoms with Crippen molar-refractivity contribution in [2.45, 2.75) is 26.1 Å². The lowest BCUT2D eigenvalue weighted by Crippen LogP contribution is -2.45. The molecule has 2 unspecified atom stereocenters. The molecule has 4 heteroatoms. The summed E-state index contributed by atoms with van der Waals surface area (Å²) in [5.74, 6) is 0. The minimum absolute atomic E-state index is 0.249. The summed E-state index contributed by atoms with van der Waals surface area (Å²) in [7, 11) is 1.89. The molecule has 1 aromatic carbocycles. The van der Waals surface area contributed by atoms with Crippen molar-refractivity contribution in [1.82, 2.24) is 0 Å². The van der Waals surface area contributed by atoms with Gasteiger partial charge in [0, 0.05) is 25.8 Å². The maximum absolute atomic E-state index is 6.31. The standard InChI is InChI=1S/C13H19ClN2O/c1-9-7-16(8-10(2)17-9)13-5-4-11(15-3)6-12(13)14/h4-6,9-10,15H,7-8H2,1-3H3. The highest BCUT2D eigenvalue weighted by Crippen LogP contribution is 2.30. The maximum Gasteiger partial charge on any atom is 0.0726 e. The predicted molar refractivity (Wildman–Crippen MR) is 73.2 cm³/mol. The summed E-state index contributed by atoms with van der Waals surface area (Å²) in [6.07, 6.45) is 0.498. The molecule has 0 saturated carbocycles. The van der Waals surface area contributed by atoms with E-state index in [1.807, 2.05) is 19.2 Å². The molecule has 1 aliphatic rings. The van der Waals surface area contributed by atoms with Crippen LogP contribution in [0.3, 0.4) is 0 Å². The lowest BCUT2D eigenvalue weighted by molar-refractivity contribution is -0.00520. The second-order valence-electron chi connectivity index (χ2n) is 4.58. The average molecular weight is 255 g/mol. The van der Waals surface area contributed by atoms with Crippen LogP contribution in [0.25, 0.3) is 0 Å². The molecule has 0 bridgehead atoms. The van der Waals surface area contributed by atoms with Crippen LogP contribution in [-0.4, -0.2) is 32.3 Å². The van der Waals surface area contributed by atoms with Crippen LogP contribution in [0, 0.1) is 0 Å². The van der Waals surface area contributed by atoms with Crippen LogP contribution >= 0.6 is 11.6 Å². The number of nitrogens with one attached hydrogen (secondary N) is 1. The van der Waals surface area contributed by atoms with E-state index in [1.54, 1.807) is 0 Å². The quantitative estimate of drug-likeness (QED) is 0.878. The minimum atomic E-state index is 0.249. The Labute approximate surface area is 108 Å². The maximum atomic E-state index is 6.31. The SMILES string of the molecule is CNc1ccc(N2CC(C)OC(C)C2)c(Cl)c1. The molecular weight excluding hydrogens is 236 g/mol. The van der Waals surface area contributed by atoms with E-state index in [-0.39, 0.29) is 12.2 Å². The van der Waals surface area contributed by atoms with E-state index < -0.39 is 0 Å². The molecular formula is C13H19ClN2O. The molecule has 17 heavy (non-hydrogen) atoms. The molecule has 0 aromatic heterocycles. The Balaban J connectivity index is 2.21. The Morgan fingerprint density at radius 3 is 2.47 bits per heavy atom. The highest BCUT2D eigenvalue weighted by atomic mass is 35.5. The third kappa shape index (κ3) is 2.85. The molecule has 94 valence electrons. The van der Waals surface area contributed by atoms with Gasteiger partial charge in [0.15, 0.2) is 0 Å². The number of benzene rings is 1. The molecule has 1 heterocycles. The second kappa shape index (κ2) is 5.15. The average Bonchev–Trinajstić information content (AvgIpc) is 2.27. The first-order chi connectivity index (χ1) is 8.10. The van der Waals surface area contributed by atoms with Gasteiger partial charge >= 0.3 is 0 Å². The van der Waals surface area contributed by atoms with E-state index in [9.17, 15) is 0 Å². The number of anilines is 2. The van der Waals surface area contributed by atoms with Gasteiger partial charge in [0.2, 0.25) is 0 Å². The number of hydrogen-bond acceptors (Lipinski definition) is 3. The van der Waals surface area contributed by atoms with E-state index in [4.69, 9.17) is 16.3 Å². The largest absolute Gasteiger partial charge is 0.388 e. The molecule has 2 atom stereocenters. The summed E-state index contributed by atoms with van der Waals surface area (Å²) in [6, 6.07) is 6.08. The summed E-state index contributed by atoms with van der Waals surface area (Å²) < 4.78 is 5.73. The molecule has 3 nitrogen and oxygen atoms in total. The fraction of sp³-hybridized carbons (Fsp3) is 0.538. The van der Waals surface area contributed by atoms with Gasteiger partial charge in [-0.25, -0.2) is 0 Å². The first kappa shape index (κ1) is 12.5. The van der Waals surface area contributed by atoms with Crippen molar-refractivity contribution < 1.29 is 4.74 Å². The van der Waals surface area contributed by atoms with Crippen LogP contribution < -0.4 is 10.2 Å². The Kier molecular flexibility index (Phi) is 3.79. The van der Waals surface area contributed by atoms with Crippen molar-refractivity contribution in [2.24, 2.45) is 0 Å². The van der Waals surface area contributed by atoms with Gasteiger partial charge in [-0.2, -0.15) is 0 Å². The molecule has 1 aliphatic heterocycles. The van der Waals surface area contributed by atoms with Crippen LogP contribution in [0.1, 0.15) is 13.8 Å². The summed E-state index contributed by atoms with van der Waals surface area (Å²) in [6.45, 7) is 5.98.